The third-order valence-electron chi connectivity index (χ3n) is 1.45. The lowest BCUT2D eigenvalue weighted by Crippen LogP contribution is -2.36. The topological polar surface area (TPSA) is 66.4 Å². The van der Waals surface area contributed by atoms with Crippen molar-refractivity contribution in [1.82, 2.24) is 4.72 Å². The Morgan fingerprint density at radius 1 is 1.46 bits per heavy atom. The van der Waals surface area contributed by atoms with Crippen LogP contribution >= 0.6 is 11.6 Å². The van der Waals surface area contributed by atoms with E-state index in [9.17, 15) is 8.42 Å². The molecule has 0 amide bonds. The van der Waals surface area contributed by atoms with Gasteiger partial charge >= 0.3 is 0 Å². The first kappa shape index (κ1) is 13.2. The maximum absolute atomic E-state index is 11.2. The van der Waals surface area contributed by atoms with Gasteiger partial charge in [0, 0.05) is 11.9 Å². The Labute approximate surface area is 84.3 Å². The Morgan fingerprint density at radius 3 is 2.54 bits per heavy atom. The van der Waals surface area contributed by atoms with Crippen LogP contribution in [0.25, 0.3) is 0 Å². The molecule has 0 aromatic rings. The van der Waals surface area contributed by atoms with E-state index in [1.807, 2.05) is 0 Å². The summed E-state index contributed by atoms with van der Waals surface area (Å²) in [4.78, 5) is 0. The second kappa shape index (κ2) is 6.59. The van der Waals surface area contributed by atoms with E-state index in [0.717, 1.165) is 0 Å². The minimum atomic E-state index is -3.23. The second-order valence-electron chi connectivity index (χ2n) is 2.92. The molecule has 0 aromatic carbocycles. The highest BCUT2D eigenvalue weighted by Crippen LogP contribution is 1.97. The van der Waals surface area contributed by atoms with Gasteiger partial charge in [-0.15, -0.1) is 11.6 Å². The molecule has 0 spiro atoms. The standard InChI is InChI=1S/C7H16ClNO3S/c1-7(6-10)9-13(11,12)5-3-2-4-8/h7,9-10H,2-6H2,1H3/t7-/m0/s1. The number of hydrogen-bond donors (Lipinski definition) is 2. The molecule has 0 radical (unpaired) electrons. The van der Waals surface area contributed by atoms with Crippen molar-refractivity contribution in [1.29, 1.82) is 0 Å². The zero-order valence-corrected chi connectivity index (χ0v) is 9.24. The smallest absolute Gasteiger partial charge is 0.211 e. The van der Waals surface area contributed by atoms with Gasteiger partial charge in [-0.05, 0) is 19.8 Å². The van der Waals surface area contributed by atoms with Crippen LogP contribution in [0, 0.1) is 0 Å². The highest BCUT2D eigenvalue weighted by molar-refractivity contribution is 7.89. The van der Waals surface area contributed by atoms with E-state index in [0.29, 0.717) is 18.7 Å². The maximum atomic E-state index is 11.2. The van der Waals surface area contributed by atoms with Crippen LogP contribution in [0.3, 0.4) is 0 Å². The summed E-state index contributed by atoms with van der Waals surface area (Å²) in [6.07, 6.45) is 1.24. The normalized spacial score (nSPS) is 14.4. The molecule has 2 N–H and O–H groups in total. The SMILES string of the molecule is C[C@@H](CO)NS(=O)(=O)CCCCCl. The molecule has 0 saturated carbocycles. The largest absolute Gasteiger partial charge is 0.395 e. The second-order valence-corrected chi connectivity index (χ2v) is 5.17. The summed E-state index contributed by atoms with van der Waals surface area (Å²) in [6.45, 7) is 1.42. The fourth-order valence-electron chi connectivity index (χ4n) is 0.789. The summed E-state index contributed by atoms with van der Waals surface area (Å²) in [6, 6.07) is -0.416. The van der Waals surface area contributed by atoms with Crippen molar-refractivity contribution in [3.8, 4) is 0 Å². The fourth-order valence-corrected chi connectivity index (χ4v) is 2.37. The van der Waals surface area contributed by atoms with Crippen molar-refractivity contribution in [3.63, 3.8) is 0 Å². The molecule has 13 heavy (non-hydrogen) atoms. The van der Waals surface area contributed by atoms with Gasteiger partial charge in [0.1, 0.15) is 0 Å². The molecule has 1 atom stereocenters. The van der Waals surface area contributed by atoms with Gasteiger partial charge in [0.25, 0.3) is 0 Å². The van der Waals surface area contributed by atoms with E-state index in [2.05, 4.69) is 4.72 Å². The molecule has 0 aliphatic heterocycles. The van der Waals surface area contributed by atoms with Gasteiger partial charge in [0.15, 0.2) is 0 Å². The third kappa shape index (κ3) is 7.25. The molecular weight excluding hydrogens is 214 g/mol. The highest BCUT2D eigenvalue weighted by atomic mass is 35.5. The van der Waals surface area contributed by atoms with E-state index in [1.165, 1.54) is 0 Å². The third-order valence-corrected chi connectivity index (χ3v) is 3.31. The summed E-state index contributed by atoms with van der Waals surface area (Å²) < 4.78 is 24.8. The molecule has 0 heterocycles. The average Bonchev–Trinajstić information content (AvgIpc) is 2.03. The fraction of sp³-hybridized carbons (Fsp3) is 1.00. The van der Waals surface area contributed by atoms with Gasteiger partial charge in [-0.3, -0.25) is 0 Å². The summed E-state index contributed by atoms with van der Waals surface area (Å²) >= 11 is 5.41. The minimum absolute atomic E-state index is 0.0735. The van der Waals surface area contributed by atoms with Gasteiger partial charge in [0.2, 0.25) is 10.0 Å². The molecule has 0 aliphatic carbocycles. The molecule has 0 aromatic heterocycles. The van der Waals surface area contributed by atoms with Crippen LogP contribution in [0.5, 0.6) is 0 Å². The molecule has 0 fully saturated rings. The molecule has 0 rings (SSSR count). The average molecular weight is 230 g/mol. The van der Waals surface area contributed by atoms with Crippen LogP contribution in [0.15, 0.2) is 0 Å². The molecule has 6 heteroatoms. The molecular formula is C7H16ClNO3S. The number of halogens is 1. The summed E-state index contributed by atoms with van der Waals surface area (Å²) in [7, 11) is -3.23. The Balaban J connectivity index is 3.81. The monoisotopic (exact) mass is 229 g/mol. The van der Waals surface area contributed by atoms with Gasteiger partial charge in [-0.1, -0.05) is 0 Å². The molecule has 0 aliphatic rings. The predicted octanol–water partition coefficient (Wildman–Crippen LogP) is 0.306. The van der Waals surface area contributed by atoms with Crippen molar-refractivity contribution >= 4 is 21.6 Å². The predicted molar refractivity (Wildman–Crippen MR) is 53.4 cm³/mol. The van der Waals surface area contributed by atoms with Crippen molar-refractivity contribution in [2.45, 2.75) is 25.8 Å². The van der Waals surface area contributed by atoms with E-state index in [4.69, 9.17) is 16.7 Å². The van der Waals surface area contributed by atoms with Crippen LogP contribution in [-0.2, 0) is 10.0 Å². The number of unbranched alkanes of at least 4 members (excludes halogenated alkanes) is 1. The number of rotatable bonds is 7. The van der Waals surface area contributed by atoms with Crippen molar-refractivity contribution < 1.29 is 13.5 Å². The number of nitrogens with one attached hydrogen (secondary N) is 1. The van der Waals surface area contributed by atoms with Crippen molar-refractivity contribution in [2.75, 3.05) is 18.2 Å². The molecule has 0 bridgehead atoms. The lowest BCUT2D eigenvalue weighted by Gasteiger charge is -2.10. The maximum Gasteiger partial charge on any atom is 0.211 e. The number of alkyl halides is 1. The lowest BCUT2D eigenvalue weighted by atomic mass is 10.4. The van der Waals surface area contributed by atoms with E-state index in [1.54, 1.807) is 6.92 Å². The van der Waals surface area contributed by atoms with Crippen LogP contribution in [-0.4, -0.2) is 37.8 Å². The van der Waals surface area contributed by atoms with Crippen LogP contribution < -0.4 is 4.72 Å². The molecule has 80 valence electrons. The lowest BCUT2D eigenvalue weighted by molar-refractivity contribution is 0.265. The zero-order chi connectivity index (χ0) is 10.3. The highest BCUT2D eigenvalue weighted by Gasteiger charge is 2.12. The first-order chi connectivity index (χ1) is 6.02. The van der Waals surface area contributed by atoms with Crippen molar-refractivity contribution in [2.24, 2.45) is 0 Å². The van der Waals surface area contributed by atoms with E-state index < -0.39 is 16.1 Å². The van der Waals surface area contributed by atoms with E-state index >= 15 is 0 Å². The Kier molecular flexibility index (Phi) is 6.67. The van der Waals surface area contributed by atoms with Crippen LogP contribution in [0.4, 0.5) is 0 Å². The quantitative estimate of drug-likeness (QED) is 0.488. The molecule has 0 saturated heterocycles. The number of hydrogen-bond acceptors (Lipinski definition) is 3. The Hall–Kier alpha value is 0.160. The first-order valence-electron chi connectivity index (χ1n) is 4.18. The summed E-state index contributed by atoms with van der Waals surface area (Å²) in [5, 5.41) is 8.62. The number of aliphatic hydroxyl groups excluding tert-OH is 1. The zero-order valence-electron chi connectivity index (χ0n) is 7.66. The summed E-state index contributed by atoms with van der Waals surface area (Å²) in [5.41, 5.74) is 0. The number of sulfonamides is 1. The molecule has 4 nitrogen and oxygen atoms in total. The van der Waals surface area contributed by atoms with Gasteiger partial charge in [-0.2, -0.15) is 0 Å². The minimum Gasteiger partial charge on any atom is -0.395 e. The Morgan fingerprint density at radius 2 is 2.08 bits per heavy atom. The Bertz CT molecular complexity index is 218. The van der Waals surface area contributed by atoms with Crippen LogP contribution in [0.1, 0.15) is 19.8 Å². The van der Waals surface area contributed by atoms with Crippen molar-refractivity contribution in [3.05, 3.63) is 0 Å². The first-order valence-corrected chi connectivity index (χ1v) is 6.37. The van der Waals surface area contributed by atoms with Crippen LogP contribution in [0.2, 0.25) is 0 Å². The van der Waals surface area contributed by atoms with Gasteiger partial charge < -0.3 is 5.11 Å². The van der Waals surface area contributed by atoms with E-state index in [-0.39, 0.29) is 12.4 Å². The van der Waals surface area contributed by atoms with Gasteiger partial charge in [-0.25, -0.2) is 13.1 Å². The summed E-state index contributed by atoms with van der Waals surface area (Å²) in [5.74, 6) is 0.551. The van der Waals surface area contributed by atoms with Gasteiger partial charge in [0.05, 0.1) is 12.4 Å². The molecule has 0 unspecified atom stereocenters. The number of aliphatic hydroxyl groups is 1.